The summed E-state index contributed by atoms with van der Waals surface area (Å²) in [5, 5.41) is 0.0679. The molecule has 82 valence electrons. The molecule has 1 atom stereocenters. The average Bonchev–Trinajstić information content (AvgIpc) is 2.10. The van der Waals surface area contributed by atoms with Crippen LogP contribution in [-0.2, 0) is 6.54 Å². The topological polar surface area (TPSA) is 34.9 Å². The Kier molecular flexibility index (Phi) is 3.10. The Morgan fingerprint density at radius 3 is 3.00 bits per heavy atom. The molecule has 15 heavy (non-hydrogen) atoms. The van der Waals surface area contributed by atoms with E-state index in [-0.39, 0.29) is 10.7 Å². The summed E-state index contributed by atoms with van der Waals surface area (Å²) in [6.07, 6.45) is 7.23. The third-order valence-corrected chi connectivity index (χ3v) is 3.57. The highest BCUT2D eigenvalue weighted by molar-refractivity contribution is 6.29. The van der Waals surface area contributed by atoms with Gasteiger partial charge in [-0.25, -0.2) is 4.98 Å². The molecule has 3 nitrogen and oxygen atoms in total. The van der Waals surface area contributed by atoms with Crippen molar-refractivity contribution >= 4 is 11.6 Å². The minimum Gasteiger partial charge on any atom is -0.311 e. The number of halogens is 1. The van der Waals surface area contributed by atoms with Crippen molar-refractivity contribution in [3.63, 3.8) is 0 Å². The molecule has 0 radical (unpaired) electrons. The largest absolute Gasteiger partial charge is 0.311 e. The van der Waals surface area contributed by atoms with Crippen LogP contribution in [0.15, 0.2) is 17.2 Å². The number of rotatable bonds is 3. The lowest BCUT2D eigenvalue weighted by Gasteiger charge is -2.31. The van der Waals surface area contributed by atoms with Crippen molar-refractivity contribution in [2.24, 2.45) is 11.8 Å². The van der Waals surface area contributed by atoms with Gasteiger partial charge in [0.25, 0.3) is 5.56 Å². The lowest BCUT2D eigenvalue weighted by molar-refractivity contribution is 0.199. The summed E-state index contributed by atoms with van der Waals surface area (Å²) in [5.41, 5.74) is -0.176. The van der Waals surface area contributed by atoms with Crippen LogP contribution in [0.1, 0.15) is 26.2 Å². The summed E-state index contributed by atoms with van der Waals surface area (Å²) >= 11 is 5.68. The van der Waals surface area contributed by atoms with Crippen LogP contribution >= 0.6 is 11.6 Å². The number of nitrogens with zero attached hydrogens (tertiary/aromatic N) is 2. The van der Waals surface area contributed by atoms with Gasteiger partial charge < -0.3 is 4.57 Å². The van der Waals surface area contributed by atoms with Crippen LogP contribution in [0.5, 0.6) is 0 Å². The third-order valence-electron chi connectivity index (χ3n) is 3.31. The zero-order valence-corrected chi connectivity index (χ0v) is 9.57. The lowest BCUT2D eigenvalue weighted by atomic mass is 9.77. The molecule has 1 unspecified atom stereocenters. The molecule has 1 aromatic heterocycles. The van der Waals surface area contributed by atoms with Gasteiger partial charge in [0, 0.05) is 18.9 Å². The van der Waals surface area contributed by atoms with Gasteiger partial charge in [-0.3, -0.25) is 4.79 Å². The van der Waals surface area contributed by atoms with Gasteiger partial charge in [0.15, 0.2) is 5.15 Å². The van der Waals surface area contributed by atoms with Crippen LogP contribution in [0.2, 0.25) is 5.15 Å². The molecule has 1 aliphatic carbocycles. The lowest BCUT2D eigenvalue weighted by Crippen LogP contribution is -2.29. The number of hydrogen-bond acceptors (Lipinski definition) is 2. The molecule has 1 heterocycles. The molecule has 1 saturated carbocycles. The molecular weight excluding hydrogens is 212 g/mol. The first kappa shape index (κ1) is 10.7. The molecule has 0 bridgehead atoms. The van der Waals surface area contributed by atoms with Gasteiger partial charge in [0.05, 0.1) is 0 Å². The standard InChI is InChI=1S/C11H15ClN2O/c1-8(9-3-2-4-9)7-14-6-5-13-10(12)11(14)15/h5-6,8-9H,2-4,7H2,1H3. The SMILES string of the molecule is CC(Cn1ccnc(Cl)c1=O)C1CCC1. The van der Waals surface area contributed by atoms with Crippen molar-refractivity contribution in [2.75, 3.05) is 0 Å². The Hall–Kier alpha value is -0.830. The monoisotopic (exact) mass is 226 g/mol. The molecule has 0 amide bonds. The summed E-state index contributed by atoms with van der Waals surface area (Å²) in [5.74, 6) is 1.33. The van der Waals surface area contributed by atoms with E-state index in [2.05, 4.69) is 11.9 Å². The van der Waals surface area contributed by atoms with Crippen molar-refractivity contribution < 1.29 is 0 Å². The van der Waals surface area contributed by atoms with E-state index in [1.54, 1.807) is 17.0 Å². The molecular formula is C11H15ClN2O. The van der Waals surface area contributed by atoms with Crippen LogP contribution in [0.3, 0.4) is 0 Å². The van der Waals surface area contributed by atoms with Gasteiger partial charge >= 0.3 is 0 Å². The van der Waals surface area contributed by atoms with Gasteiger partial charge in [0.2, 0.25) is 0 Å². The smallest absolute Gasteiger partial charge is 0.288 e. The van der Waals surface area contributed by atoms with Crippen LogP contribution in [0, 0.1) is 11.8 Å². The van der Waals surface area contributed by atoms with Gasteiger partial charge in [0.1, 0.15) is 0 Å². The minimum atomic E-state index is -0.176. The van der Waals surface area contributed by atoms with Crippen LogP contribution < -0.4 is 5.56 Å². The maximum atomic E-state index is 11.6. The van der Waals surface area contributed by atoms with Crippen molar-refractivity contribution in [3.05, 3.63) is 27.9 Å². The highest BCUT2D eigenvalue weighted by Gasteiger charge is 2.24. The Bertz CT molecular complexity index is 398. The number of aromatic nitrogens is 2. The van der Waals surface area contributed by atoms with Crippen LogP contribution in [-0.4, -0.2) is 9.55 Å². The normalized spacial score (nSPS) is 18.5. The zero-order chi connectivity index (χ0) is 10.8. The van der Waals surface area contributed by atoms with E-state index in [1.807, 2.05) is 0 Å². The molecule has 1 fully saturated rings. The van der Waals surface area contributed by atoms with E-state index >= 15 is 0 Å². The molecule has 0 spiro atoms. The molecule has 1 aliphatic rings. The first-order valence-corrected chi connectivity index (χ1v) is 5.77. The van der Waals surface area contributed by atoms with Crippen molar-refractivity contribution in [2.45, 2.75) is 32.7 Å². The highest BCUT2D eigenvalue weighted by atomic mass is 35.5. The summed E-state index contributed by atoms with van der Waals surface area (Å²) in [4.78, 5) is 15.4. The van der Waals surface area contributed by atoms with E-state index in [0.717, 1.165) is 12.5 Å². The fraction of sp³-hybridized carbons (Fsp3) is 0.636. The van der Waals surface area contributed by atoms with E-state index in [4.69, 9.17) is 11.6 Å². The summed E-state index contributed by atoms with van der Waals surface area (Å²) < 4.78 is 1.66. The van der Waals surface area contributed by atoms with Crippen LogP contribution in [0.4, 0.5) is 0 Å². The number of hydrogen-bond donors (Lipinski definition) is 0. The van der Waals surface area contributed by atoms with E-state index in [1.165, 1.54) is 19.3 Å². The van der Waals surface area contributed by atoms with Gasteiger partial charge in [-0.2, -0.15) is 0 Å². The van der Waals surface area contributed by atoms with Crippen molar-refractivity contribution in [3.8, 4) is 0 Å². The Balaban J connectivity index is 2.09. The Morgan fingerprint density at radius 1 is 1.67 bits per heavy atom. The van der Waals surface area contributed by atoms with E-state index in [9.17, 15) is 4.79 Å². The molecule has 0 saturated heterocycles. The van der Waals surface area contributed by atoms with Gasteiger partial charge in [-0.1, -0.05) is 37.8 Å². The third kappa shape index (κ3) is 2.23. The molecule has 0 N–H and O–H groups in total. The minimum absolute atomic E-state index is 0.0679. The van der Waals surface area contributed by atoms with Crippen molar-refractivity contribution in [1.82, 2.24) is 9.55 Å². The first-order valence-electron chi connectivity index (χ1n) is 5.39. The predicted molar refractivity (Wildman–Crippen MR) is 60.0 cm³/mol. The first-order chi connectivity index (χ1) is 7.18. The Morgan fingerprint density at radius 2 is 2.40 bits per heavy atom. The maximum Gasteiger partial charge on any atom is 0.288 e. The zero-order valence-electron chi connectivity index (χ0n) is 8.82. The molecule has 0 aromatic carbocycles. The quantitative estimate of drug-likeness (QED) is 0.793. The van der Waals surface area contributed by atoms with E-state index in [0.29, 0.717) is 5.92 Å². The maximum absolute atomic E-state index is 11.6. The Labute approximate surface area is 94.1 Å². The van der Waals surface area contributed by atoms with Gasteiger partial charge in [-0.05, 0) is 11.8 Å². The highest BCUT2D eigenvalue weighted by Crippen LogP contribution is 2.33. The molecule has 2 rings (SSSR count). The second kappa shape index (κ2) is 4.35. The second-order valence-electron chi connectivity index (χ2n) is 4.34. The second-order valence-corrected chi connectivity index (χ2v) is 4.70. The molecule has 0 aliphatic heterocycles. The molecule has 4 heteroatoms. The van der Waals surface area contributed by atoms with Gasteiger partial charge in [-0.15, -0.1) is 0 Å². The fourth-order valence-corrected chi connectivity index (χ4v) is 2.20. The summed E-state index contributed by atoms with van der Waals surface area (Å²) in [7, 11) is 0. The summed E-state index contributed by atoms with van der Waals surface area (Å²) in [6, 6.07) is 0. The van der Waals surface area contributed by atoms with E-state index < -0.39 is 0 Å². The summed E-state index contributed by atoms with van der Waals surface area (Å²) in [6.45, 7) is 2.95. The molecule has 1 aromatic rings. The predicted octanol–water partition coefficient (Wildman–Crippen LogP) is 2.33. The van der Waals surface area contributed by atoms with Crippen LogP contribution in [0.25, 0.3) is 0 Å². The van der Waals surface area contributed by atoms with Crippen molar-refractivity contribution in [1.29, 1.82) is 0 Å². The average molecular weight is 227 g/mol. The fourth-order valence-electron chi connectivity index (χ4n) is 2.03.